The summed E-state index contributed by atoms with van der Waals surface area (Å²) in [6, 6.07) is 16.7. The second kappa shape index (κ2) is 7.55. The third kappa shape index (κ3) is 4.93. The Morgan fingerprint density at radius 2 is 1.52 bits per heavy atom. The highest BCUT2D eigenvalue weighted by Crippen LogP contribution is 2.10. The smallest absolute Gasteiger partial charge is 0.303 e. The number of aliphatic carboxylic acids is 1. The van der Waals surface area contributed by atoms with E-state index < -0.39 is 16.0 Å². The van der Waals surface area contributed by atoms with Crippen LogP contribution in [0.2, 0.25) is 0 Å². The Morgan fingerprint density at radius 1 is 0.957 bits per heavy atom. The minimum absolute atomic E-state index is 0.0920. The van der Waals surface area contributed by atoms with Gasteiger partial charge in [0.2, 0.25) is 0 Å². The van der Waals surface area contributed by atoms with Crippen LogP contribution in [-0.2, 0) is 14.8 Å². The molecular weight excluding hydrogens is 316 g/mol. The van der Waals surface area contributed by atoms with E-state index in [0.717, 1.165) is 0 Å². The zero-order valence-corrected chi connectivity index (χ0v) is 13.0. The van der Waals surface area contributed by atoms with Crippen molar-refractivity contribution >= 4 is 21.7 Å². The highest BCUT2D eigenvalue weighted by atomic mass is 32.2. The Hall–Kier alpha value is -2.67. The molecule has 0 aliphatic heterocycles. The van der Waals surface area contributed by atoms with Crippen molar-refractivity contribution < 1.29 is 18.3 Å². The lowest BCUT2D eigenvalue weighted by Gasteiger charge is -2.08. The van der Waals surface area contributed by atoms with E-state index in [4.69, 9.17) is 5.11 Å². The van der Waals surface area contributed by atoms with Crippen LogP contribution in [0.4, 0.5) is 0 Å². The van der Waals surface area contributed by atoms with Gasteiger partial charge in [-0.2, -0.15) is 18.4 Å². The lowest BCUT2D eigenvalue weighted by Crippen LogP contribution is -2.21. The molecule has 7 heteroatoms. The first-order valence-electron chi connectivity index (χ1n) is 6.90. The number of hydrogen-bond acceptors (Lipinski definition) is 4. The average molecular weight is 332 g/mol. The van der Waals surface area contributed by atoms with Crippen LogP contribution in [-0.4, -0.2) is 25.2 Å². The second-order valence-corrected chi connectivity index (χ2v) is 6.39. The summed E-state index contributed by atoms with van der Waals surface area (Å²) in [7, 11) is -3.79. The summed E-state index contributed by atoms with van der Waals surface area (Å²) in [6.45, 7) is 0. The lowest BCUT2D eigenvalue weighted by molar-refractivity contribution is -0.136. The predicted molar refractivity (Wildman–Crippen MR) is 86.6 cm³/mol. The van der Waals surface area contributed by atoms with E-state index >= 15 is 0 Å². The first-order chi connectivity index (χ1) is 11.0. The third-order valence-electron chi connectivity index (χ3n) is 3.04. The maximum absolute atomic E-state index is 12.2. The van der Waals surface area contributed by atoms with Crippen LogP contribution < -0.4 is 4.83 Å². The zero-order chi connectivity index (χ0) is 16.7. The van der Waals surface area contributed by atoms with Crippen molar-refractivity contribution in [1.82, 2.24) is 4.83 Å². The number of nitrogens with zero attached hydrogens (tertiary/aromatic N) is 1. The average Bonchev–Trinajstić information content (AvgIpc) is 2.56. The molecule has 2 aromatic rings. The number of nitrogens with one attached hydrogen (secondary N) is 1. The molecule has 0 radical (unpaired) electrons. The van der Waals surface area contributed by atoms with E-state index in [1.165, 1.54) is 12.1 Å². The summed E-state index contributed by atoms with van der Waals surface area (Å²) in [5.74, 6) is -0.973. The molecule has 0 unspecified atom stereocenters. The maximum Gasteiger partial charge on any atom is 0.303 e. The molecule has 23 heavy (non-hydrogen) atoms. The van der Waals surface area contributed by atoms with Gasteiger partial charge in [-0.3, -0.25) is 4.79 Å². The van der Waals surface area contributed by atoms with Gasteiger partial charge >= 0.3 is 5.97 Å². The fourth-order valence-corrected chi connectivity index (χ4v) is 2.74. The van der Waals surface area contributed by atoms with E-state index in [1.807, 2.05) is 6.07 Å². The molecule has 0 heterocycles. The molecule has 2 aromatic carbocycles. The molecular formula is C16H16N2O4S. The van der Waals surface area contributed by atoms with Crippen molar-refractivity contribution in [2.75, 3.05) is 0 Å². The van der Waals surface area contributed by atoms with E-state index in [1.54, 1.807) is 42.5 Å². The topological polar surface area (TPSA) is 95.8 Å². The molecule has 0 aliphatic carbocycles. The predicted octanol–water partition coefficient (Wildman–Crippen LogP) is 2.23. The number of hydrazone groups is 1. The summed E-state index contributed by atoms with van der Waals surface area (Å²) in [6.07, 6.45) is -0.0164. The summed E-state index contributed by atoms with van der Waals surface area (Å²) < 4.78 is 24.3. The van der Waals surface area contributed by atoms with Crippen molar-refractivity contribution in [2.45, 2.75) is 17.7 Å². The van der Waals surface area contributed by atoms with Crippen molar-refractivity contribution in [1.29, 1.82) is 0 Å². The number of carbonyl (C=O) groups is 1. The van der Waals surface area contributed by atoms with Gasteiger partial charge in [0.15, 0.2) is 0 Å². The molecule has 120 valence electrons. The van der Waals surface area contributed by atoms with Gasteiger partial charge in [0.05, 0.1) is 17.0 Å². The van der Waals surface area contributed by atoms with Crippen LogP contribution in [0.15, 0.2) is 70.7 Å². The normalized spacial score (nSPS) is 11.9. The van der Waals surface area contributed by atoms with E-state index in [2.05, 4.69) is 9.93 Å². The summed E-state index contributed by atoms with van der Waals surface area (Å²) in [5, 5.41) is 12.8. The number of carboxylic acid groups (broad SMARTS) is 1. The quantitative estimate of drug-likeness (QED) is 0.600. The van der Waals surface area contributed by atoms with Gasteiger partial charge in [-0.05, 0) is 17.7 Å². The van der Waals surface area contributed by atoms with Gasteiger partial charge in [0.1, 0.15) is 0 Å². The van der Waals surface area contributed by atoms with Crippen LogP contribution in [0.3, 0.4) is 0 Å². The van der Waals surface area contributed by atoms with E-state index in [9.17, 15) is 13.2 Å². The van der Waals surface area contributed by atoms with Crippen molar-refractivity contribution in [3.05, 3.63) is 66.2 Å². The molecule has 0 saturated heterocycles. The highest BCUT2D eigenvalue weighted by Gasteiger charge is 2.13. The molecule has 0 bridgehead atoms. The number of sulfonamides is 1. The van der Waals surface area contributed by atoms with Gasteiger partial charge in [0.25, 0.3) is 10.0 Å². The third-order valence-corrected chi connectivity index (χ3v) is 4.26. The zero-order valence-electron chi connectivity index (χ0n) is 12.2. The van der Waals surface area contributed by atoms with E-state index in [-0.39, 0.29) is 17.7 Å². The minimum Gasteiger partial charge on any atom is -0.481 e. The fourth-order valence-electron chi connectivity index (χ4n) is 1.89. The molecule has 0 fully saturated rings. The van der Waals surface area contributed by atoms with Crippen molar-refractivity contribution in [2.24, 2.45) is 5.10 Å². The van der Waals surface area contributed by atoms with Crippen LogP contribution in [0.5, 0.6) is 0 Å². The lowest BCUT2D eigenvalue weighted by atomic mass is 10.1. The molecule has 2 rings (SSSR count). The van der Waals surface area contributed by atoms with Crippen molar-refractivity contribution in [3.63, 3.8) is 0 Å². The molecule has 0 saturated carbocycles. The summed E-state index contributed by atoms with van der Waals surface area (Å²) in [4.78, 5) is 13.0. The highest BCUT2D eigenvalue weighted by molar-refractivity contribution is 7.89. The second-order valence-electron chi connectivity index (χ2n) is 4.73. The minimum atomic E-state index is -3.79. The van der Waals surface area contributed by atoms with Gasteiger partial charge in [0, 0.05) is 6.42 Å². The van der Waals surface area contributed by atoms with Crippen LogP contribution in [0.1, 0.15) is 18.4 Å². The summed E-state index contributed by atoms with van der Waals surface area (Å²) in [5.41, 5.74) is 1.04. The molecule has 2 N–H and O–H groups in total. The SMILES string of the molecule is O=C(O)CC/C(=N\NS(=O)(=O)c1ccccc1)c1ccccc1. The Morgan fingerprint density at radius 3 is 2.09 bits per heavy atom. The van der Waals surface area contributed by atoms with Gasteiger partial charge in [-0.25, -0.2) is 0 Å². The molecule has 0 spiro atoms. The number of rotatable bonds is 7. The van der Waals surface area contributed by atoms with Gasteiger partial charge in [-0.1, -0.05) is 48.5 Å². The maximum atomic E-state index is 12.2. The Bertz CT molecular complexity index is 787. The first kappa shape index (κ1) is 16.7. The number of benzene rings is 2. The Kier molecular flexibility index (Phi) is 5.48. The molecule has 0 aromatic heterocycles. The molecule has 6 nitrogen and oxygen atoms in total. The van der Waals surface area contributed by atoms with Crippen LogP contribution in [0, 0.1) is 0 Å². The van der Waals surface area contributed by atoms with Crippen LogP contribution >= 0.6 is 0 Å². The number of hydrogen-bond donors (Lipinski definition) is 2. The van der Waals surface area contributed by atoms with Crippen molar-refractivity contribution in [3.8, 4) is 0 Å². The molecule has 0 amide bonds. The standard InChI is InChI=1S/C16H16N2O4S/c19-16(20)12-11-15(13-7-3-1-4-8-13)17-18-23(21,22)14-9-5-2-6-10-14/h1-10,18H,11-12H2,(H,19,20)/b17-15+. The largest absolute Gasteiger partial charge is 0.481 e. The van der Waals surface area contributed by atoms with Gasteiger partial charge < -0.3 is 5.11 Å². The van der Waals surface area contributed by atoms with Gasteiger partial charge in [-0.15, -0.1) is 0 Å². The fraction of sp³-hybridized carbons (Fsp3) is 0.125. The summed E-state index contributed by atoms with van der Waals surface area (Å²) >= 11 is 0. The van der Waals surface area contributed by atoms with E-state index in [0.29, 0.717) is 11.3 Å². The van der Waals surface area contributed by atoms with Crippen LogP contribution in [0.25, 0.3) is 0 Å². The molecule has 0 atom stereocenters. The monoisotopic (exact) mass is 332 g/mol. The Balaban J connectivity index is 2.25. The molecule has 0 aliphatic rings. The Labute approximate surface area is 134 Å². The number of carboxylic acids is 1. The first-order valence-corrected chi connectivity index (χ1v) is 8.38.